The highest BCUT2D eigenvalue weighted by Crippen LogP contribution is 2.33. The predicted molar refractivity (Wildman–Crippen MR) is 91.9 cm³/mol. The molecule has 7 heteroatoms. The highest BCUT2D eigenvalue weighted by atomic mass is 79.9. The van der Waals surface area contributed by atoms with E-state index in [-0.39, 0.29) is 0 Å². The van der Waals surface area contributed by atoms with Crippen LogP contribution in [0.2, 0.25) is 0 Å². The number of nitrogens with zero attached hydrogens (tertiary/aromatic N) is 1. The maximum atomic E-state index is 5.32. The van der Waals surface area contributed by atoms with E-state index < -0.39 is 0 Å². The molecule has 0 aliphatic carbocycles. The van der Waals surface area contributed by atoms with Crippen LogP contribution < -0.4 is 20.1 Å². The van der Waals surface area contributed by atoms with Crippen LogP contribution in [0.15, 0.2) is 21.6 Å². The van der Waals surface area contributed by atoms with Crippen molar-refractivity contribution in [1.82, 2.24) is 10.6 Å². The molecule has 0 saturated carbocycles. The topological polar surface area (TPSA) is 64.1 Å². The number of hydrogen-bond donors (Lipinski definition) is 2. The van der Waals surface area contributed by atoms with E-state index in [1.54, 1.807) is 21.3 Å². The molecule has 1 aromatic rings. The lowest BCUT2D eigenvalue weighted by Gasteiger charge is -2.13. The van der Waals surface area contributed by atoms with Gasteiger partial charge in [0.2, 0.25) is 0 Å². The van der Waals surface area contributed by atoms with Crippen molar-refractivity contribution >= 4 is 21.9 Å². The maximum Gasteiger partial charge on any atom is 0.191 e. The molecular weight excluding hydrogens is 350 g/mol. The van der Waals surface area contributed by atoms with Crippen LogP contribution in [-0.2, 0) is 11.3 Å². The molecule has 22 heavy (non-hydrogen) atoms. The average molecular weight is 374 g/mol. The fraction of sp³-hybridized carbons (Fsp3) is 0.533. The molecule has 124 valence electrons. The minimum absolute atomic E-state index is 0.517. The molecule has 0 atom stereocenters. The first-order chi connectivity index (χ1) is 10.7. The predicted octanol–water partition coefficient (Wildman–Crippen LogP) is 2.17. The van der Waals surface area contributed by atoms with Gasteiger partial charge < -0.3 is 24.8 Å². The zero-order valence-corrected chi connectivity index (χ0v) is 15.1. The van der Waals surface area contributed by atoms with Crippen LogP contribution in [0.5, 0.6) is 11.5 Å². The Morgan fingerprint density at radius 3 is 2.41 bits per heavy atom. The molecule has 0 bridgehead atoms. The average Bonchev–Trinajstić information content (AvgIpc) is 2.53. The van der Waals surface area contributed by atoms with Gasteiger partial charge in [-0.15, -0.1) is 0 Å². The summed E-state index contributed by atoms with van der Waals surface area (Å²) < 4.78 is 16.6. The molecule has 6 nitrogen and oxygen atoms in total. The first kappa shape index (κ1) is 18.6. The lowest BCUT2D eigenvalue weighted by Crippen LogP contribution is -2.38. The molecule has 0 saturated heterocycles. The third kappa shape index (κ3) is 5.73. The van der Waals surface area contributed by atoms with Crippen LogP contribution in [0, 0.1) is 0 Å². The molecule has 0 fully saturated rings. The van der Waals surface area contributed by atoms with Gasteiger partial charge in [-0.3, -0.25) is 0 Å². The Labute approximate surface area is 140 Å². The number of nitrogens with one attached hydrogen (secondary N) is 2. The Bertz CT molecular complexity index is 495. The van der Waals surface area contributed by atoms with Gasteiger partial charge in [0.25, 0.3) is 0 Å². The van der Waals surface area contributed by atoms with Crippen LogP contribution in [0.3, 0.4) is 0 Å². The second kappa shape index (κ2) is 10.3. The van der Waals surface area contributed by atoms with Crippen molar-refractivity contribution in [2.24, 2.45) is 4.99 Å². The summed E-state index contributed by atoms with van der Waals surface area (Å²) in [5.74, 6) is 2.13. The van der Waals surface area contributed by atoms with Crippen molar-refractivity contribution in [3.05, 3.63) is 22.2 Å². The van der Waals surface area contributed by atoms with Crippen LogP contribution in [0.1, 0.15) is 12.5 Å². The van der Waals surface area contributed by atoms with Gasteiger partial charge in [-0.25, -0.2) is 4.99 Å². The molecule has 0 amide bonds. The highest BCUT2D eigenvalue weighted by molar-refractivity contribution is 9.10. The Balaban J connectivity index is 2.84. The number of rotatable bonds is 8. The van der Waals surface area contributed by atoms with Gasteiger partial charge in [0.1, 0.15) is 0 Å². The van der Waals surface area contributed by atoms with Crippen molar-refractivity contribution < 1.29 is 14.2 Å². The first-order valence-electron chi connectivity index (χ1n) is 7.07. The third-order valence-corrected chi connectivity index (χ3v) is 3.64. The molecule has 0 aliphatic heterocycles. The van der Waals surface area contributed by atoms with E-state index in [9.17, 15) is 0 Å². The SMILES string of the molecule is CCNC(=NCc1cc(OC)c(OC)cc1Br)NCCOC. The molecular formula is C15H24BrN3O3. The Morgan fingerprint density at radius 2 is 1.82 bits per heavy atom. The summed E-state index contributed by atoms with van der Waals surface area (Å²) in [6, 6.07) is 3.81. The molecule has 0 unspecified atom stereocenters. The van der Waals surface area contributed by atoms with E-state index in [1.807, 2.05) is 19.1 Å². The second-order valence-corrected chi connectivity index (χ2v) is 5.27. The summed E-state index contributed by atoms with van der Waals surface area (Å²) >= 11 is 3.54. The summed E-state index contributed by atoms with van der Waals surface area (Å²) in [6.45, 7) is 4.68. The number of methoxy groups -OCH3 is 3. The molecule has 1 aromatic carbocycles. The fourth-order valence-electron chi connectivity index (χ4n) is 1.79. The summed E-state index contributed by atoms with van der Waals surface area (Å²) in [5.41, 5.74) is 1.02. The van der Waals surface area contributed by atoms with E-state index in [4.69, 9.17) is 14.2 Å². The van der Waals surface area contributed by atoms with E-state index in [1.165, 1.54) is 0 Å². The first-order valence-corrected chi connectivity index (χ1v) is 7.87. The number of guanidine groups is 1. The number of hydrogen-bond acceptors (Lipinski definition) is 4. The van der Waals surface area contributed by atoms with Gasteiger partial charge in [0.05, 0.1) is 27.4 Å². The minimum atomic E-state index is 0.517. The van der Waals surface area contributed by atoms with Crippen molar-refractivity contribution in [2.75, 3.05) is 41.0 Å². The Hall–Kier alpha value is -1.47. The van der Waals surface area contributed by atoms with Crippen LogP contribution in [-0.4, -0.2) is 47.0 Å². The maximum absolute atomic E-state index is 5.32. The number of halogens is 1. The van der Waals surface area contributed by atoms with Crippen molar-refractivity contribution in [1.29, 1.82) is 0 Å². The molecule has 1 rings (SSSR count). The normalized spacial score (nSPS) is 11.2. The quantitative estimate of drug-likeness (QED) is 0.415. The van der Waals surface area contributed by atoms with Crippen LogP contribution >= 0.6 is 15.9 Å². The van der Waals surface area contributed by atoms with Gasteiger partial charge in [-0.05, 0) is 24.6 Å². The van der Waals surface area contributed by atoms with Crippen molar-refractivity contribution in [3.63, 3.8) is 0 Å². The largest absolute Gasteiger partial charge is 0.493 e. The van der Waals surface area contributed by atoms with E-state index in [0.29, 0.717) is 31.2 Å². The molecule has 0 radical (unpaired) electrons. The van der Waals surface area contributed by atoms with Gasteiger partial charge >= 0.3 is 0 Å². The molecule has 2 N–H and O–H groups in total. The smallest absolute Gasteiger partial charge is 0.191 e. The monoisotopic (exact) mass is 373 g/mol. The van der Waals surface area contributed by atoms with Gasteiger partial charge in [0, 0.05) is 24.7 Å². The Kier molecular flexibility index (Phi) is 8.69. The summed E-state index contributed by atoms with van der Waals surface area (Å²) in [5, 5.41) is 6.40. The highest BCUT2D eigenvalue weighted by Gasteiger charge is 2.09. The minimum Gasteiger partial charge on any atom is -0.493 e. The lowest BCUT2D eigenvalue weighted by atomic mass is 10.2. The Morgan fingerprint density at radius 1 is 1.14 bits per heavy atom. The standard InChI is InChI=1S/C15H24BrN3O3/c1-5-17-15(18-6-7-20-2)19-10-11-8-13(21-3)14(22-4)9-12(11)16/h8-9H,5-7,10H2,1-4H3,(H2,17,18,19). The number of aliphatic imine (C=N–C) groups is 1. The van der Waals surface area contributed by atoms with E-state index >= 15 is 0 Å². The summed E-state index contributed by atoms with van der Waals surface area (Å²) in [7, 11) is 4.91. The van der Waals surface area contributed by atoms with Crippen LogP contribution in [0.25, 0.3) is 0 Å². The number of ether oxygens (including phenoxy) is 3. The van der Waals surface area contributed by atoms with Crippen LogP contribution in [0.4, 0.5) is 0 Å². The lowest BCUT2D eigenvalue weighted by molar-refractivity contribution is 0.203. The molecule has 0 aromatic heterocycles. The fourth-order valence-corrected chi connectivity index (χ4v) is 2.24. The zero-order valence-electron chi connectivity index (χ0n) is 13.5. The van der Waals surface area contributed by atoms with Gasteiger partial charge in [-0.1, -0.05) is 15.9 Å². The molecule has 0 heterocycles. The molecule has 0 aliphatic rings. The summed E-state index contributed by atoms with van der Waals surface area (Å²) in [6.07, 6.45) is 0. The zero-order chi connectivity index (χ0) is 16.4. The van der Waals surface area contributed by atoms with Crippen molar-refractivity contribution in [3.8, 4) is 11.5 Å². The van der Waals surface area contributed by atoms with Gasteiger partial charge in [0.15, 0.2) is 17.5 Å². The second-order valence-electron chi connectivity index (χ2n) is 4.41. The van der Waals surface area contributed by atoms with Gasteiger partial charge in [-0.2, -0.15) is 0 Å². The number of benzene rings is 1. The third-order valence-electron chi connectivity index (χ3n) is 2.90. The molecule has 0 spiro atoms. The summed E-state index contributed by atoms with van der Waals surface area (Å²) in [4.78, 5) is 4.56. The van der Waals surface area contributed by atoms with E-state index in [0.717, 1.165) is 22.5 Å². The van der Waals surface area contributed by atoms with E-state index in [2.05, 4.69) is 31.6 Å². The van der Waals surface area contributed by atoms with Crippen molar-refractivity contribution in [2.45, 2.75) is 13.5 Å².